The summed E-state index contributed by atoms with van der Waals surface area (Å²) in [6, 6.07) is 4.75. The molecular formula is C12H18FNO2. The van der Waals surface area contributed by atoms with Gasteiger partial charge in [0.15, 0.2) is 11.6 Å². The molecular weight excluding hydrogens is 209 g/mol. The van der Waals surface area contributed by atoms with E-state index in [4.69, 9.17) is 15.6 Å². The van der Waals surface area contributed by atoms with Crippen molar-refractivity contribution in [1.29, 1.82) is 0 Å². The minimum absolute atomic E-state index is 0.194. The highest BCUT2D eigenvalue weighted by Crippen LogP contribution is 2.18. The minimum Gasteiger partial charge on any atom is -0.491 e. The lowest BCUT2D eigenvalue weighted by molar-refractivity contribution is 0.261. The van der Waals surface area contributed by atoms with Gasteiger partial charge in [-0.1, -0.05) is 6.07 Å². The maximum absolute atomic E-state index is 13.4. The number of nitrogens with two attached hydrogens (primary N) is 1. The van der Waals surface area contributed by atoms with Gasteiger partial charge in [-0.3, -0.25) is 0 Å². The highest BCUT2D eigenvalue weighted by atomic mass is 19.1. The van der Waals surface area contributed by atoms with Gasteiger partial charge in [0, 0.05) is 13.2 Å². The van der Waals surface area contributed by atoms with E-state index in [-0.39, 0.29) is 18.2 Å². The maximum atomic E-state index is 13.4. The third-order valence-electron chi connectivity index (χ3n) is 2.29. The normalized spacial score (nSPS) is 10.4. The van der Waals surface area contributed by atoms with Crippen molar-refractivity contribution in [3.63, 3.8) is 0 Å². The van der Waals surface area contributed by atoms with E-state index in [1.807, 2.05) is 0 Å². The van der Waals surface area contributed by atoms with E-state index in [0.29, 0.717) is 13.2 Å². The van der Waals surface area contributed by atoms with E-state index >= 15 is 0 Å². The lowest BCUT2D eigenvalue weighted by Gasteiger charge is -2.07. The van der Waals surface area contributed by atoms with E-state index in [1.165, 1.54) is 6.07 Å². The van der Waals surface area contributed by atoms with E-state index in [2.05, 4.69) is 0 Å². The predicted molar refractivity (Wildman–Crippen MR) is 60.7 cm³/mol. The molecule has 0 aliphatic carbocycles. The first-order valence-electron chi connectivity index (χ1n) is 5.50. The molecule has 0 amide bonds. The third kappa shape index (κ3) is 4.16. The summed E-state index contributed by atoms with van der Waals surface area (Å²) in [6.45, 7) is 0.992. The molecule has 0 atom stereocenters. The second-order valence-electron chi connectivity index (χ2n) is 3.60. The van der Waals surface area contributed by atoms with E-state index in [0.717, 1.165) is 24.8 Å². The van der Waals surface area contributed by atoms with Gasteiger partial charge in [-0.15, -0.1) is 0 Å². The molecule has 0 saturated heterocycles. The van der Waals surface area contributed by atoms with Gasteiger partial charge >= 0.3 is 0 Å². The molecule has 0 aliphatic heterocycles. The fourth-order valence-corrected chi connectivity index (χ4v) is 1.36. The van der Waals surface area contributed by atoms with E-state index in [9.17, 15) is 4.39 Å². The Morgan fingerprint density at radius 3 is 2.69 bits per heavy atom. The largest absolute Gasteiger partial charge is 0.491 e. The number of aliphatic hydroxyl groups excluding tert-OH is 1. The molecule has 0 unspecified atom stereocenters. The van der Waals surface area contributed by atoms with Crippen molar-refractivity contribution in [2.45, 2.75) is 25.8 Å². The van der Waals surface area contributed by atoms with E-state index < -0.39 is 0 Å². The number of unbranched alkanes of at least 4 members (excludes halogenated alkanes) is 2. The number of halogens is 1. The van der Waals surface area contributed by atoms with Crippen molar-refractivity contribution in [3.05, 3.63) is 29.6 Å². The molecule has 1 rings (SSSR count). The zero-order valence-electron chi connectivity index (χ0n) is 9.29. The van der Waals surface area contributed by atoms with Gasteiger partial charge in [-0.05, 0) is 37.0 Å². The van der Waals surface area contributed by atoms with Crippen LogP contribution >= 0.6 is 0 Å². The fraction of sp³-hybridized carbons (Fsp3) is 0.500. The standard InChI is InChI=1S/C12H18FNO2/c13-11-8-10(9-14)4-5-12(11)16-7-3-1-2-6-15/h4-5,8,15H,1-3,6-7,9,14H2. The monoisotopic (exact) mass is 227 g/mol. The number of hydrogen-bond donors (Lipinski definition) is 2. The third-order valence-corrected chi connectivity index (χ3v) is 2.29. The second-order valence-corrected chi connectivity index (χ2v) is 3.60. The molecule has 3 N–H and O–H groups in total. The molecule has 90 valence electrons. The Morgan fingerprint density at radius 2 is 2.06 bits per heavy atom. The summed E-state index contributed by atoms with van der Waals surface area (Å²) in [7, 11) is 0. The Balaban J connectivity index is 2.36. The smallest absolute Gasteiger partial charge is 0.165 e. The van der Waals surface area contributed by atoms with Crippen LogP contribution in [0.15, 0.2) is 18.2 Å². The Hall–Kier alpha value is -1.13. The van der Waals surface area contributed by atoms with Crippen LogP contribution in [0, 0.1) is 5.82 Å². The molecule has 0 radical (unpaired) electrons. The van der Waals surface area contributed by atoms with Crippen LogP contribution in [-0.2, 0) is 6.54 Å². The van der Waals surface area contributed by atoms with Crippen LogP contribution in [0.3, 0.4) is 0 Å². The van der Waals surface area contributed by atoms with Crippen LogP contribution in [0.5, 0.6) is 5.75 Å². The second kappa shape index (κ2) is 7.19. The fourth-order valence-electron chi connectivity index (χ4n) is 1.36. The summed E-state index contributed by atoms with van der Waals surface area (Å²) in [6.07, 6.45) is 2.47. The first-order valence-corrected chi connectivity index (χ1v) is 5.50. The Kier molecular flexibility index (Phi) is 5.82. The van der Waals surface area contributed by atoms with Gasteiger partial charge in [0.05, 0.1) is 6.61 Å². The number of benzene rings is 1. The van der Waals surface area contributed by atoms with Crippen LogP contribution in [-0.4, -0.2) is 18.3 Å². The molecule has 1 aromatic carbocycles. The van der Waals surface area contributed by atoms with Gasteiger partial charge < -0.3 is 15.6 Å². The summed E-state index contributed by atoms with van der Waals surface area (Å²) in [5.74, 6) is -0.105. The van der Waals surface area contributed by atoms with Gasteiger partial charge in [-0.2, -0.15) is 0 Å². The molecule has 0 saturated carbocycles. The molecule has 0 aliphatic rings. The Labute approximate surface area is 95.0 Å². The average Bonchev–Trinajstić information content (AvgIpc) is 2.30. The van der Waals surface area contributed by atoms with Crippen molar-refractivity contribution in [3.8, 4) is 5.75 Å². The van der Waals surface area contributed by atoms with Crippen molar-refractivity contribution in [2.75, 3.05) is 13.2 Å². The van der Waals surface area contributed by atoms with E-state index in [1.54, 1.807) is 12.1 Å². The zero-order valence-corrected chi connectivity index (χ0v) is 9.29. The highest BCUT2D eigenvalue weighted by molar-refractivity contribution is 5.29. The van der Waals surface area contributed by atoms with Crippen molar-refractivity contribution in [1.82, 2.24) is 0 Å². The molecule has 1 aromatic rings. The van der Waals surface area contributed by atoms with Gasteiger partial charge in [0.1, 0.15) is 0 Å². The lowest BCUT2D eigenvalue weighted by Crippen LogP contribution is -2.02. The summed E-state index contributed by atoms with van der Waals surface area (Å²) < 4.78 is 18.7. The molecule has 0 bridgehead atoms. The first-order chi connectivity index (χ1) is 7.77. The van der Waals surface area contributed by atoms with Crippen LogP contribution in [0.4, 0.5) is 4.39 Å². The quantitative estimate of drug-likeness (QED) is 0.699. The van der Waals surface area contributed by atoms with Crippen molar-refractivity contribution in [2.24, 2.45) is 5.73 Å². The minimum atomic E-state index is -0.370. The molecule has 0 aromatic heterocycles. The SMILES string of the molecule is NCc1ccc(OCCCCCO)c(F)c1. The number of aliphatic hydroxyl groups is 1. The Bertz CT molecular complexity index is 318. The predicted octanol–water partition coefficient (Wildman–Crippen LogP) is 1.83. The number of hydrogen-bond acceptors (Lipinski definition) is 3. The summed E-state index contributed by atoms with van der Waals surface area (Å²) in [5, 5.41) is 8.57. The zero-order chi connectivity index (χ0) is 11.8. The first kappa shape index (κ1) is 12.9. The molecule has 0 heterocycles. The van der Waals surface area contributed by atoms with Crippen LogP contribution in [0.25, 0.3) is 0 Å². The average molecular weight is 227 g/mol. The molecule has 0 spiro atoms. The Morgan fingerprint density at radius 1 is 1.25 bits per heavy atom. The summed E-state index contributed by atoms with van der Waals surface area (Å²) in [4.78, 5) is 0. The summed E-state index contributed by atoms with van der Waals surface area (Å²) in [5.41, 5.74) is 6.15. The molecule has 16 heavy (non-hydrogen) atoms. The van der Waals surface area contributed by atoms with Crippen LogP contribution in [0.2, 0.25) is 0 Å². The molecule has 4 heteroatoms. The number of rotatable bonds is 7. The van der Waals surface area contributed by atoms with Crippen LogP contribution < -0.4 is 10.5 Å². The molecule has 0 fully saturated rings. The highest BCUT2D eigenvalue weighted by Gasteiger charge is 2.03. The topological polar surface area (TPSA) is 55.5 Å². The molecule has 3 nitrogen and oxygen atoms in total. The van der Waals surface area contributed by atoms with Gasteiger partial charge in [-0.25, -0.2) is 4.39 Å². The van der Waals surface area contributed by atoms with Crippen molar-refractivity contribution < 1.29 is 14.2 Å². The van der Waals surface area contributed by atoms with Crippen molar-refractivity contribution >= 4 is 0 Å². The van der Waals surface area contributed by atoms with Gasteiger partial charge in [0.25, 0.3) is 0 Å². The number of ether oxygens (including phenoxy) is 1. The van der Waals surface area contributed by atoms with Gasteiger partial charge in [0.2, 0.25) is 0 Å². The van der Waals surface area contributed by atoms with Crippen LogP contribution in [0.1, 0.15) is 24.8 Å². The summed E-state index contributed by atoms with van der Waals surface area (Å²) >= 11 is 0. The lowest BCUT2D eigenvalue weighted by atomic mass is 10.2. The maximum Gasteiger partial charge on any atom is 0.165 e.